The molecule has 1 aliphatic heterocycles. The topological polar surface area (TPSA) is 53.5 Å². The van der Waals surface area contributed by atoms with Gasteiger partial charge in [-0.3, -0.25) is 9.59 Å². The van der Waals surface area contributed by atoms with E-state index in [2.05, 4.69) is 18.8 Å². The van der Waals surface area contributed by atoms with Crippen molar-refractivity contribution in [2.24, 2.45) is 0 Å². The number of carbonyl (C=O) groups excluding carboxylic acids is 2. The Bertz CT molecular complexity index is 742. The van der Waals surface area contributed by atoms with Crippen LogP contribution in [0.4, 0.5) is 5.69 Å². The predicted molar refractivity (Wildman–Crippen MR) is 95.5 cm³/mol. The third-order valence-electron chi connectivity index (χ3n) is 4.27. The van der Waals surface area contributed by atoms with Gasteiger partial charge in [-0.1, -0.05) is 32.0 Å². The van der Waals surface area contributed by atoms with Crippen molar-refractivity contribution in [1.29, 1.82) is 0 Å². The molecule has 126 valence electrons. The first-order valence-electron chi connectivity index (χ1n) is 8.08. The van der Waals surface area contributed by atoms with Gasteiger partial charge in [0.05, 0.1) is 5.01 Å². The second-order valence-corrected chi connectivity index (χ2v) is 7.16. The van der Waals surface area contributed by atoms with Crippen molar-refractivity contribution in [3.05, 3.63) is 46.4 Å². The summed E-state index contributed by atoms with van der Waals surface area (Å²) in [6, 6.07) is 9.14. The van der Waals surface area contributed by atoms with E-state index in [1.165, 1.54) is 16.2 Å². The Morgan fingerprint density at radius 1 is 1.33 bits per heavy atom. The second-order valence-electron chi connectivity index (χ2n) is 6.27. The smallest absolute Gasteiger partial charge is 0.273 e. The Morgan fingerprint density at radius 3 is 2.67 bits per heavy atom. The van der Waals surface area contributed by atoms with Crippen molar-refractivity contribution < 1.29 is 9.59 Å². The molecule has 0 aliphatic carbocycles. The van der Waals surface area contributed by atoms with Gasteiger partial charge in [-0.15, -0.1) is 11.3 Å². The van der Waals surface area contributed by atoms with E-state index in [-0.39, 0.29) is 11.8 Å². The first kappa shape index (κ1) is 16.6. The van der Waals surface area contributed by atoms with Crippen LogP contribution in [0.5, 0.6) is 0 Å². The van der Waals surface area contributed by atoms with E-state index in [1.54, 1.807) is 17.3 Å². The molecule has 2 amide bonds. The normalized spacial score (nSPS) is 17.6. The molecule has 2 aromatic rings. The fourth-order valence-corrected chi connectivity index (χ4v) is 3.67. The van der Waals surface area contributed by atoms with Gasteiger partial charge in [0.15, 0.2) is 0 Å². The average Bonchev–Trinajstić information content (AvgIpc) is 3.21. The quantitative estimate of drug-likeness (QED) is 0.857. The number of nitrogens with zero attached hydrogens (tertiary/aromatic N) is 3. The standard InChI is InChI=1S/C18H21N3O2S/c1-12(2)16-19-14(11-24-16)17(22)20(3)15-9-10-21(18(15)23)13-7-5-4-6-8-13/h4-8,11-12,15H,9-10H2,1-3H3. The molecule has 0 saturated carbocycles. The second kappa shape index (κ2) is 6.73. The zero-order chi connectivity index (χ0) is 17.3. The maximum atomic E-state index is 12.7. The van der Waals surface area contributed by atoms with Crippen LogP contribution in [-0.2, 0) is 4.79 Å². The molecule has 1 fully saturated rings. The number of benzene rings is 1. The number of likely N-dealkylation sites (N-methyl/N-ethyl adjacent to an activating group) is 1. The number of amides is 2. The van der Waals surface area contributed by atoms with Crippen LogP contribution in [0.15, 0.2) is 35.7 Å². The molecule has 0 N–H and O–H groups in total. The fourth-order valence-electron chi connectivity index (χ4n) is 2.86. The molecule has 0 spiro atoms. The summed E-state index contributed by atoms with van der Waals surface area (Å²) in [4.78, 5) is 33.1. The molecule has 1 aromatic carbocycles. The summed E-state index contributed by atoms with van der Waals surface area (Å²) >= 11 is 1.49. The summed E-state index contributed by atoms with van der Waals surface area (Å²) in [7, 11) is 1.69. The summed E-state index contributed by atoms with van der Waals surface area (Å²) in [6.07, 6.45) is 0.636. The van der Waals surface area contributed by atoms with Crippen LogP contribution in [0.1, 0.15) is 41.7 Å². The van der Waals surface area contributed by atoms with E-state index >= 15 is 0 Å². The maximum absolute atomic E-state index is 12.7. The Labute approximate surface area is 145 Å². The van der Waals surface area contributed by atoms with Crippen molar-refractivity contribution in [3.63, 3.8) is 0 Å². The summed E-state index contributed by atoms with van der Waals surface area (Å²) in [5.74, 6) is 0.0753. The van der Waals surface area contributed by atoms with Crippen LogP contribution >= 0.6 is 11.3 Å². The lowest BCUT2D eigenvalue weighted by Gasteiger charge is -2.23. The highest BCUT2D eigenvalue weighted by atomic mass is 32.1. The highest BCUT2D eigenvalue weighted by molar-refractivity contribution is 7.09. The van der Waals surface area contributed by atoms with E-state index < -0.39 is 6.04 Å². The van der Waals surface area contributed by atoms with E-state index in [0.717, 1.165) is 10.7 Å². The number of rotatable bonds is 4. The molecular formula is C18H21N3O2S. The van der Waals surface area contributed by atoms with Crippen LogP contribution in [-0.4, -0.2) is 41.3 Å². The van der Waals surface area contributed by atoms with Gasteiger partial charge in [0.1, 0.15) is 11.7 Å². The van der Waals surface area contributed by atoms with E-state index in [4.69, 9.17) is 0 Å². The molecule has 1 aromatic heterocycles. The third-order valence-corrected chi connectivity index (χ3v) is 5.41. The van der Waals surface area contributed by atoms with Gasteiger partial charge in [-0.2, -0.15) is 0 Å². The molecule has 5 nitrogen and oxygen atoms in total. The highest BCUT2D eigenvalue weighted by Gasteiger charge is 2.37. The largest absolute Gasteiger partial charge is 0.328 e. The van der Waals surface area contributed by atoms with Gasteiger partial charge in [0.25, 0.3) is 5.91 Å². The van der Waals surface area contributed by atoms with Crippen molar-refractivity contribution in [3.8, 4) is 0 Å². The Morgan fingerprint density at radius 2 is 2.04 bits per heavy atom. The van der Waals surface area contributed by atoms with Crippen molar-refractivity contribution in [2.45, 2.75) is 32.2 Å². The lowest BCUT2D eigenvalue weighted by Crippen LogP contribution is -2.43. The zero-order valence-corrected chi connectivity index (χ0v) is 14.9. The minimum atomic E-state index is -0.429. The molecule has 24 heavy (non-hydrogen) atoms. The lowest BCUT2D eigenvalue weighted by atomic mass is 10.2. The zero-order valence-electron chi connectivity index (χ0n) is 14.1. The van der Waals surface area contributed by atoms with E-state index in [0.29, 0.717) is 24.6 Å². The first-order valence-corrected chi connectivity index (χ1v) is 8.96. The van der Waals surface area contributed by atoms with Gasteiger partial charge in [0, 0.05) is 30.6 Å². The average molecular weight is 343 g/mol. The number of aromatic nitrogens is 1. The van der Waals surface area contributed by atoms with Crippen molar-refractivity contribution >= 4 is 28.8 Å². The molecule has 3 rings (SSSR count). The minimum Gasteiger partial charge on any atom is -0.328 e. The molecule has 6 heteroatoms. The Hall–Kier alpha value is -2.21. The van der Waals surface area contributed by atoms with Crippen molar-refractivity contribution in [2.75, 3.05) is 18.5 Å². The van der Waals surface area contributed by atoms with Crippen LogP contribution in [0, 0.1) is 0 Å². The summed E-state index contributed by atoms with van der Waals surface area (Å²) < 4.78 is 0. The monoisotopic (exact) mass is 343 g/mol. The molecule has 0 radical (unpaired) electrons. The van der Waals surface area contributed by atoms with Gasteiger partial charge >= 0.3 is 0 Å². The number of carbonyl (C=O) groups is 2. The lowest BCUT2D eigenvalue weighted by molar-refractivity contribution is -0.120. The molecule has 1 saturated heterocycles. The summed E-state index contributed by atoms with van der Waals surface area (Å²) in [5, 5.41) is 2.72. The third kappa shape index (κ3) is 3.06. The van der Waals surface area contributed by atoms with Crippen LogP contribution in [0.3, 0.4) is 0 Å². The Kier molecular flexibility index (Phi) is 4.66. The molecule has 1 atom stereocenters. The minimum absolute atomic E-state index is 0.0311. The first-order chi connectivity index (χ1) is 11.5. The molecule has 0 bridgehead atoms. The number of para-hydroxylation sites is 1. The van der Waals surface area contributed by atoms with Crippen molar-refractivity contribution in [1.82, 2.24) is 9.88 Å². The van der Waals surface area contributed by atoms with Crippen LogP contribution in [0.25, 0.3) is 0 Å². The summed E-state index contributed by atoms with van der Waals surface area (Å²) in [6.45, 7) is 4.73. The fraction of sp³-hybridized carbons (Fsp3) is 0.389. The maximum Gasteiger partial charge on any atom is 0.273 e. The van der Waals surface area contributed by atoms with Gasteiger partial charge in [0.2, 0.25) is 5.91 Å². The molecule has 1 aliphatic rings. The number of hydrogen-bond donors (Lipinski definition) is 0. The SMILES string of the molecule is CC(C)c1nc(C(=O)N(C)C2CCN(c3ccccc3)C2=O)cs1. The molecule has 2 heterocycles. The van der Waals surface area contributed by atoms with E-state index in [9.17, 15) is 9.59 Å². The van der Waals surface area contributed by atoms with Gasteiger partial charge in [-0.05, 0) is 18.6 Å². The van der Waals surface area contributed by atoms with Crippen LogP contribution < -0.4 is 4.90 Å². The number of hydrogen-bond acceptors (Lipinski definition) is 4. The van der Waals surface area contributed by atoms with Gasteiger partial charge < -0.3 is 9.80 Å². The number of anilines is 1. The Balaban J connectivity index is 1.74. The highest BCUT2D eigenvalue weighted by Crippen LogP contribution is 2.25. The van der Waals surface area contributed by atoms with Crippen LogP contribution in [0.2, 0.25) is 0 Å². The molecular weight excluding hydrogens is 322 g/mol. The predicted octanol–water partition coefficient (Wildman–Crippen LogP) is 3.14. The van der Waals surface area contributed by atoms with E-state index in [1.807, 2.05) is 30.3 Å². The number of thiazole rings is 1. The molecule has 1 unspecified atom stereocenters. The summed E-state index contributed by atoms with van der Waals surface area (Å²) in [5.41, 5.74) is 1.30. The van der Waals surface area contributed by atoms with Gasteiger partial charge in [-0.25, -0.2) is 4.98 Å².